The quantitative estimate of drug-likeness (QED) is 0.917. The third-order valence-corrected chi connectivity index (χ3v) is 3.63. The molecule has 0 spiro atoms. The Morgan fingerprint density at radius 2 is 2.29 bits per heavy atom. The predicted octanol–water partition coefficient (Wildman–Crippen LogP) is 2.01. The first-order chi connectivity index (χ1) is 10.1. The molecule has 2 aromatic rings. The number of nitrogens with one attached hydrogen (secondary N) is 1. The highest BCUT2D eigenvalue weighted by atomic mass is 19.1. The largest absolute Gasteiger partial charge is 0.328 e. The molecule has 0 unspecified atom stereocenters. The maximum atomic E-state index is 13.3. The van der Waals surface area contributed by atoms with Crippen LogP contribution in [0, 0.1) is 12.7 Å². The number of pyridine rings is 1. The molecule has 1 aliphatic heterocycles. The predicted molar refractivity (Wildman–Crippen MR) is 72.9 cm³/mol. The lowest BCUT2D eigenvalue weighted by molar-refractivity contribution is 0.0599. The molecule has 3 rings (SSSR count). The number of halogens is 1. The Hall–Kier alpha value is -2.31. The van der Waals surface area contributed by atoms with E-state index in [-0.39, 0.29) is 17.5 Å². The summed E-state index contributed by atoms with van der Waals surface area (Å²) < 4.78 is 13.3. The summed E-state index contributed by atoms with van der Waals surface area (Å²) in [7, 11) is 0. The van der Waals surface area contributed by atoms with Crippen LogP contribution in [0.2, 0.25) is 0 Å². The fourth-order valence-corrected chi connectivity index (χ4v) is 2.65. The minimum Gasteiger partial charge on any atom is -0.328 e. The van der Waals surface area contributed by atoms with Gasteiger partial charge < -0.3 is 4.90 Å². The zero-order chi connectivity index (χ0) is 14.8. The second-order valence-electron chi connectivity index (χ2n) is 5.18. The van der Waals surface area contributed by atoms with Crippen molar-refractivity contribution in [2.75, 3.05) is 6.54 Å². The molecule has 21 heavy (non-hydrogen) atoms. The van der Waals surface area contributed by atoms with Crippen LogP contribution in [0.5, 0.6) is 0 Å². The number of hydrogen-bond acceptors (Lipinski definition) is 4. The van der Waals surface area contributed by atoms with Crippen molar-refractivity contribution in [2.24, 2.45) is 0 Å². The van der Waals surface area contributed by atoms with Gasteiger partial charge in [-0.2, -0.15) is 5.10 Å². The van der Waals surface area contributed by atoms with Crippen LogP contribution in [-0.4, -0.2) is 37.5 Å². The number of likely N-dealkylation sites (tertiary alicyclic amines) is 1. The molecular formula is C14H16FN5O. The highest BCUT2D eigenvalue weighted by Gasteiger charge is 2.31. The first kappa shape index (κ1) is 13.7. The van der Waals surface area contributed by atoms with Crippen LogP contribution in [0.1, 0.15) is 47.3 Å². The number of amides is 1. The second-order valence-corrected chi connectivity index (χ2v) is 5.18. The lowest BCUT2D eigenvalue weighted by Gasteiger charge is -2.34. The molecule has 7 heteroatoms. The number of carbonyl (C=O) groups excluding carboxylic acids is 1. The molecular weight excluding hydrogens is 273 g/mol. The summed E-state index contributed by atoms with van der Waals surface area (Å²) in [6.45, 7) is 2.44. The smallest absolute Gasteiger partial charge is 0.256 e. The van der Waals surface area contributed by atoms with E-state index in [1.54, 1.807) is 4.90 Å². The van der Waals surface area contributed by atoms with Gasteiger partial charge in [-0.25, -0.2) is 9.37 Å². The van der Waals surface area contributed by atoms with Gasteiger partial charge in [0.2, 0.25) is 0 Å². The van der Waals surface area contributed by atoms with Crippen molar-refractivity contribution in [3.05, 3.63) is 41.5 Å². The average molecular weight is 289 g/mol. The SMILES string of the molecule is Cc1nc([C@@H]2CCCCN2C(=O)c2cncc(F)c2)n[nH]1. The highest BCUT2D eigenvalue weighted by molar-refractivity contribution is 5.94. The van der Waals surface area contributed by atoms with Gasteiger partial charge in [0.15, 0.2) is 5.82 Å². The van der Waals surface area contributed by atoms with Gasteiger partial charge in [-0.1, -0.05) is 0 Å². The molecule has 0 saturated carbocycles. The van der Waals surface area contributed by atoms with Crippen molar-refractivity contribution in [2.45, 2.75) is 32.2 Å². The van der Waals surface area contributed by atoms with E-state index in [4.69, 9.17) is 0 Å². The van der Waals surface area contributed by atoms with Crippen molar-refractivity contribution >= 4 is 5.91 Å². The number of H-pyrrole nitrogens is 1. The summed E-state index contributed by atoms with van der Waals surface area (Å²) in [5, 5.41) is 6.97. The van der Waals surface area contributed by atoms with Crippen LogP contribution in [0.3, 0.4) is 0 Å². The third-order valence-electron chi connectivity index (χ3n) is 3.63. The van der Waals surface area contributed by atoms with Crippen molar-refractivity contribution in [1.82, 2.24) is 25.1 Å². The number of piperidine rings is 1. The number of aryl methyl sites for hydroxylation is 1. The third kappa shape index (κ3) is 2.76. The zero-order valence-electron chi connectivity index (χ0n) is 11.7. The van der Waals surface area contributed by atoms with E-state index in [9.17, 15) is 9.18 Å². The monoisotopic (exact) mass is 289 g/mol. The Bertz CT molecular complexity index is 656. The maximum Gasteiger partial charge on any atom is 0.256 e. The lowest BCUT2D eigenvalue weighted by atomic mass is 10.0. The van der Waals surface area contributed by atoms with E-state index in [1.807, 2.05) is 6.92 Å². The van der Waals surface area contributed by atoms with Crippen molar-refractivity contribution in [1.29, 1.82) is 0 Å². The van der Waals surface area contributed by atoms with Crippen molar-refractivity contribution in [3.63, 3.8) is 0 Å². The summed E-state index contributed by atoms with van der Waals surface area (Å²) in [6.07, 6.45) is 5.23. The van der Waals surface area contributed by atoms with Crippen LogP contribution in [0.15, 0.2) is 18.5 Å². The minimum absolute atomic E-state index is 0.167. The molecule has 0 radical (unpaired) electrons. The first-order valence-corrected chi connectivity index (χ1v) is 6.95. The molecule has 110 valence electrons. The molecule has 1 atom stereocenters. The summed E-state index contributed by atoms with van der Waals surface area (Å²) in [6, 6.07) is 1.05. The van der Waals surface area contributed by atoms with Gasteiger partial charge in [0.25, 0.3) is 5.91 Å². The molecule has 1 fully saturated rings. The van der Waals surface area contributed by atoms with Crippen LogP contribution in [-0.2, 0) is 0 Å². The molecule has 3 heterocycles. The lowest BCUT2D eigenvalue weighted by Crippen LogP contribution is -2.39. The van der Waals surface area contributed by atoms with E-state index in [0.717, 1.165) is 31.3 Å². The van der Waals surface area contributed by atoms with E-state index >= 15 is 0 Å². The topological polar surface area (TPSA) is 74.8 Å². The summed E-state index contributed by atoms with van der Waals surface area (Å²) >= 11 is 0. The Kier molecular flexibility index (Phi) is 3.64. The highest BCUT2D eigenvalue weighted by Crippen LogP contribution is 2.30. The molecule has 2 aromatic heterocycles. The maximum absolute atomic E-state index is 13.3. The van der Waals surface area contributed by atoms with Crippen LogP contribution < -0.4 is 0 Å². The van der Waals surface area contributed by atoms with Gasteiger partial charge in [0, 0.05) is 12.7 Å². The fraction of sp³-hybridized carbons (Fsp3) is 0.429. The first-order valence-electron chi connectivity index (χ1n) is 6.95. The second kappa shape index (κ2) is 5.59. The van der Waals surface area contributed by atoms with E-state index in [2.05, 4.69) is 20.2 Å². The Morgan fingerprint density at radius 3 is 3.00 bits per heavy atom. The standard InChI is InChI=1S/C14H16FN5O/c1-9-17-13(19-18-9)12-4-2-3-5-20(12)14(21)10-6-11(15)8-16-7-10/h6-8,12H,2-5H2,1H3,(H,17,18,19)/t12-/m0/s1. The van der Waals surface area contributed by atoms with Crippen LogP contribution >= 0.6 is 0 Å². The molecule has 0 bridgehead atoms. The van der Waals surface area contributed by atoms with Crippen molar-refractivity contribution in [3.8, 4) is 0 Å². The normalized spacial score (nSPS) is 18.8. The molecule has 6 nitrogen and oxygen atoms in total. The Morgan fingerprint density at radius 1 is 1.43 bits per heavy atom. The molecule has 0 aliphatic carbocycles. The van der Waals surface area contributed by atoms with Gasteiger partial charge in [-0.3, -0.25) is 14.9 Å². The van der Waals surface area contributed by atoms with E-state index in [1.165, 1.54) is 12.3 Å². The number of nitrogens with zero attached hydrogens (tertiary/aromatic N) is 4. The number of hydrogen-bond donors (Lipinski definition) is 1. The zero-order valence-corrected chi connectivity index (χ0v) is 11.7. The Labute approximate surface area is 121 Å². The molecule has 1 amide bonds. The fourth-order valence-electron chi connectivity index (χ4n) is 2.65. The number of rotatable bonds is 2. The van der Waals surface area contributed by atoms with Gasteiger partial charge in [0.1, 0.15) is 11.6 Å². The number of aromatic nitrogens is 4. The average Bonchev–Trinajstić information content (AvgIpc) is 2.93. The summed E-state index contributed by atoms with van der Waals surface area (Å²) in [5.41, 5.74) is 0.258. The number of aromatic amines is 1. The van der Waals surface area contributed by atoms with E-state index in [0.29, 0.717) is 12.4 Å². The summed E-state index contributed by atoms with van der Waals surface area (Å²) in [4.78, 5) is 22.4. The van der Waals surface area contributed by atoms with Crippen LogP contribution in [0.25, 0.3) is 0 Å². The number of carbonyl (C=O) groups is 1. The summed E-state index contributed by atoms with van der Waals surface area (Å²) in [5.74, 6) is 0.595. The van der Waals surface area contributed by atoms with Crippen molar-refractivity contribution < 1.29 is 9.18 Å². The van der Waals surface area contributed by atoms with Gasteiger partial charge in [0.05, 0.1) is 17.8 Å². The minimum atomic E-state index is -0.511. The van der Waals surface area contributed by atoms with E-state index < -0.39 is 5.82 Å². The van der Waals surface area contributed by atoms with Gasteiger partial charge >= 0.3 is 0 Å². The van der Waals surface area contributed by atoms with Crippen LogP contribution in [0.4, 0.5) is 4.39 Å². The molecule has 1 saturated heterocycles. The molecule has 1 N–H and O–H groups in total. The van der Waals surface area contributed by atoms with Gasteiger partial charge in [-0.05, 0) is 32.3 Å². The molecule has 1 aliphatic rings. The molecule has 0 aromatic carbocycles. The van der Waals surface area contributed by atoms with Gasteiger partial charge in [-0.15, -0.1) is 0 Å². The Balaban J connectivity index is 1.89.